The van der Waals surface area contributed by atoms with Gasteiger partial charge in [0.2, 0.25) is 5.82 Å². The summed E-state index contributed by atoms with van der Waals surface area (Å²) < 4.78 is 0. The monoisotopic (exact) mass is 423 g/mol. The van der Waals surface area contributed by atoms with Gasteiger partial charge in [-0.3, -0.25) is 14.9 Å². The molecule has 32 heavy (non-hydrogen) atoms. The minimum Gasteiger partial charge on any atom is -0.391 e. The molecule has 0 aliphatic rings. The SMILES string of the molecule is NC(=C=O)C(NC(=O)c1nc2cc3[nH][nH]c(-c4ccncc4)c3cc2n1)c1ccccc1. The molecule has 1 unspecified atom stereocenters. The van der Waals surface area contributed by atoms with Crippen molar-refractivity contribution in [1.82, 2.24) is 30.5 Å². The van der Waals surface area contributed by atoms with E-state index in [2.05, 4.69) is 30.5 Å². The average molecular weight is 423 g/mol. The molecule has 1 atom stereocenters. The number of fused-ring (bicyclic) bond motifs is 2. The maximum atomic E-state index is 12.9. The second-order valence-electron chi connectivity index (χ2n) is 7.17. The molecule has 156 valence electrons. The van der Waals surface area contributed by atoms with E-state index in [-0.39, 0.29) is 11.5 Å². The molecule has 0 radical (unpaired) electrons. The number of nitrogens with one attached hydrogen (secondary N) is 3. The van der Waals surface area contributed by atoms with Gasteiger partial charge < -0.3 is 16.1 Å². The third kappa shape index (κ3) is 3.38. The highest BCUT2D eigenvalue weighted by Gasteiger charge is 2.22. The number of aromatic amines is 2. The quantitative estimate of drug-likeness (QED) is 0.320. The van der Waals surface area contributed by atoms with Crippen LogP contribution in [-0.4, -0.2) is 37.0 Å². The molecular weight excluding hydrogens is 406 g/mol. The van der Waals surface area contributed by atoms with Crippen LogP contribution in [-0.2, 0) is 4.79 Å². The highest BCUT2D eigenvalue weighted by molar-refractivity contribution is 6.02. The summed E-state index contributed by atoms with van der Waals surface area (Å²) in [5.41, 5.74) is 10.1. The molecule has 5 aromatic rings. The number of H-pyrrole nitrogens is 2. The van der Waals surface area contributed by atoms with E-state index >= 15 is 0 Å². The molecule has 3 aromatic heterocycles. The third-order valence-electron chi connectivity index (χ3n) is 5.17. The number of carbonyl (C=O) groups is 1. The molecule has 0 saturated heterocycles. The van der Waals surface area contributed by atoms with Crippen molar-refractivity contribution >= 4 is 33.8 Å². The fourth-order valence-electron chi connectivity index (χ4n) is 3.61. The molecule has 0 aliphatic heterocycles. The highest BCUT2D eigenvalue weighted by atomic mass is 16.2. The Balaban J connectivity index is 1.50. The van der Waals surface area contributed by atoms with E-state index in [1.807, 2.05) is 30.3 Å². The summed E-state index contributed by atoms with van der Waals surface area (Å²) in [5.74, 6) is 1.11. The normalized spacial score (nSPS) is 11.9. The van der Waals surface area contributed by atoms with Crippen molar-refractivity contribution < 1.29 is 9.59 Å². The third-order valence-corrected chi connectivity index (χ3v) is 5.17. The van der Waals surface area contributed by atoms with Crippen LogP contribution in [0.2, 0.25) is 0 Å². The first-order chi connectivity index (χ1) is 15.6. The van der Waals surface area contributed by atoms with Gasteiger partial charge in [-0.15, -0.1) is 0 Å². The highest BCUT2D eigenvalue weighted by Crippen LogP contribution is 2.29. The van der Waals surface area contributed by atoms with Gasteiger partial charge in [0.05, 0.1) is 22.2 Å². The van der Waals surface area contributed by atoms with Gasteiger partial charge in [-0.25, -0.2) is 14.8 Å². The molecule has 0 aliphatic carbocycles. The first kappa shape index (κ1) is 19.2. The van der Waals surface area contributed by atoms with Crippen LogP contribution in [0.5, 0.6) is 0 Å². The molecule has 0 saturated carbocycles. The Morgan fingerprint density at radius 3 is 2.44 bits per heavy atom. The Kier molecular flexibility index (Phi) is 4.70. The number of pyridine rings is 1. The van der Waals surface area contributed by atoms with Crippen LogP contribution < -0.4 is 11.1 Å². The maximum Gasteiger partial charge on any atom is 0.289 e. The molecule has 9 nitrogen and oxygen atoms in total. The van der Waals surface area contributed by atoms with Crippen LogP contribution in [0.3, 0.4) is 0 Å². The van der Waals surface area contributed by atoms with Crippen LogP contribution in [0.1, 0.15) is 22.2 Å². The standard InChI is InChI=1S/C23H17N7O2/c24-16(12-31)21(13-4-2-1-3-5-13)28-23(32)22-26-18-10-15-17(11-19(18)27-22)29-30-20(15)14-6-8-25-9-7-14/h1-11,21,29-30H,24H2,(H,28,32). The predicted molar refractivity (Wildman–Crippen MR) is 119 cm³/mol. The van der Waals surface area contributed by atoms with Gasteiger partial charge in [0.15, 0.2) is 0 Å². The van der Waals surface area contributed by atoms with Gasteiger partial charge in [-0.2, -0.15) is 0 Å². The van der Waals surface area contributed by atoms with Crippen molar-refractivity contribution in [3.8, 4) is 11.3 Å². The molecule has 5 N–H and O–H groups in total. The lowest BCUT2D eigenvalue weighted by molar-refractivity contribution is 0.0933. The van der Waals surface area contributed by atoms with E-state index in [1.54, 1.807) is 42.6 Å². The van der Waals surface area contributed by atoms with Gasteiger partial charge >= 0.3 is 0 Å². The first-order valence-corrected chi connectivity index (χ1v) is 9.78. The van der Waals surface area contributed by atoms with Crippen molar-refractivity contribution in [2.75, 3.05) is 0 Å². The van der Waals surface area contributed by atoms with E-state index in [1.165, 1.54) is 0 Å². The van der Waals surface area contributed by atoms with Crippen LogP contribution in [0.15, 0.2) is 72.7 Å². The summed E-state index contributed by atoms with van der Waals surface area (Å²) in [6, 6.07) is 15.6. The smallest absolute Gasteiger partial charge is 0.289 e. The molecule has 0 bridgehead atoms. The maximum absolute atomic E-state index is 12.9. The number of hydrogen-bond donors (Lipinski definition) is 4. The van der Waals surface area contributed by atoms with Gasteiger partial charge in [-0.1, -0.05) is 30.3 Å². The molecule has 2 aromatic carbocycles. The topological polar surface area (TPSA) is 142 Å². The lowest BCUT2D eigenvalue weighted by atomic mass is 10.0. The number of carbonyl (C=O) groups excluding carboxylic acids is 2. The van der Waals surface area contributed by atoms with Gasteiger partial charge in [-0.05, 0) is 29.8 Å². The van der Waals surface area contributed by atoms with Crippen molar-refractivity contribution in [3.63, 3.8) is 0 Å². The minimum absolute atomic E-state index is 0.0123. The van der Waals surface area contributed by atoms with E-state index in [0.29, 0.717) is 16.6 Å². The number of benzene rings is 2. The van der Waals surface area contributed by atoms with Crippen molar-refractivity contribution in [2.45, 2.75) is 6.04 Å². The second kappa shape index (κ2) is 7.82. The zero-order valence-corrected chi connectivity index (χ0v) is 16.7. The van der Waals surface area contributed by atoms with Crippen molar-refractivity contribution in [3.05, 3.63) is 84.1 Å². The fraction of sp³-hybridized carbons (Fsp3) is 0.0435. The number of hydrogen-bond acceptors (Lipinski definition) is 6. The Morgan fingerprint density at radius 1 is 1.00 bits per heavy atom. The predicted octanol–water partition coefficient (Wildman–Crippen LogP) is 2.65. The van der Waals surface area contributed by atoms with E-state index in [0.717, 1.165) is 22.2 Å². The number of nitrogens with zero attached hydrogens (tertiary/aromatic N) is 3. The van der Waals surface area contributed by atoms with E-state index < -0.39 is 11.9 Å². The Hall–Kier alpha value is -4.75. The van der Waals surface area contributed by atoms with Crippen LogP contribution >= 0.6 is 0 Å². The van der Waals surface area contributed by atoms with Gasteiger partial charge in [0.25, 0.3) is 5.91 Å². The molecule has 0 fully saturated rings. The van der Waals surface area contributed by atoms with E-state index in [4.69, 9.17) is 5.73 Å². The molecule has 9 heteroatoms. The lowest BCUT2D eigenvalue weighted by Gasteiger charge is -2.16. The summed E-state index contributed by atoms with van der Waals surface area (Å²) in [6.45, 7) is 0. The average Bonchev–Trinajstić information content (AvgIpc) is 3.45. The van der Waals surface area contributed by atoms with Crippen molar-refractivity contribution in [1.29, 1.82) is 0 Å². The van der Waals surface area contributed by atoms with Crippen LogP contribution in [0.4, 0.5) is 0 Å². The summed E-state index contributed by atoms with van der Waals surface area (Å²) in [7, 11) is 0. The zero-order chi connectivity index (χ0) is 22.1. The molecular formula is C23H17N7O2. The Labute approximate surface area is 181 Å². The minimum atomic E-state index is -0.828. The Bertz CT molecular complexity index is 1480. The summed E-state index contributed by atoms with van der Waals surface area (Å²) in [4.78, 5) is 36.8. The molecule has 1 amide bonds. The molecule has 5 rings (SSSR count). The summed E-state index contributed by atoms with van der Waals surface area (Å²) in [6.07, 6.45) is 3.43. The van der Waals surface area contributed by atoms with Crippen LogP contribution in [0, 0.1) is 0 Å². The van der Waals surface area contributed by atoms with Crippen LogP contribution in [0.25, 0.3) is 33.2 Å². The molecule has 3 heterocycles. The second-order valence-corrected chi connectivity index (χ2v) is 7.17. The lowest BCUT2D eigenvalue weighted by Crippen LogP contribution is -2.33. The summed E-state index contributed by atoms with van der Waals surface area (Å²) >= 11 is 0. The molecule has 0 spiro atoms. The number of rotatable bonds is 5. The van der Waals surface area contributed by atoms with Gasteiger partial charge in [0, 0.05) is 23.3 Å². The number of aromatic nitrogens is 5. The first-order valence-electron chi connectivity index (χ1n) is 9.78. The number of imidazole rings is 1. The number of amides is 1. The summed E-state index contributed by atoms with van der Waals surface area (Å²) in [5, 5.41) is 9.90. The largest absolute Gasteiger partial charge is 0.391 e. The van der Waals surface area contributed by atoms with Gasteiger partial charge in [0.1, 0.15) is 17.7 Å². The van der Waals surface area contributed by atoms with E-state index in [9.17, 15) is 9.59 Å². The number of nitrogens with two attached hydrogens (primary N) is 1. The fourth-order valence-corrected chi connectivity index (χ4v) is 3.61. The zero-order valence-electron chi connectivity index (χ0n) is 16.7. The van der Waals surface area contributed by atoms with Crippen molar-refractivity contribution in [2.24, 2.45) is 5.73 Å². The Morgan fingerprint density at radius 2 is 1.72 bits per heavy atom.